The van der Waals surface area contributed by atoms with Gasteiger partial charge in [-0.05, 0) is 37.4 Å². The zero-order valence-electron chi connectivity index (χ0n) is 14.4. The van der Waals surface area contributed by atoms with Crippen molar-refractivity contribution in [1.29, 1.82) is 0 Å². The van der Waals surface area contributed by atoms with Gasteiger partial charge in [0, 0.05) is 12.2 Å². The van der Waals surface area contributed by atoms with Crippen LogP contribution in [0.2, 0.25) is 5.02 Å². The first-order valence-corrected chi connectivity index (χ1v) is 8.47. The minimum atomic E-state index is -4.81. The fourth-order valence-corrected chi connectivity index (χ4v) is 3.44. The van der Waals surface area contributed by atoms with Gasteiger partial charge in [-0.2, -0.15) is 18.3 Å². The second-order valence-corrected chi connectivity index (χ2v) is 6.54. The lowest BCUT2D eigenvalue weighted by molar-refractivity contribution is -0.143. The van der Waals surface area contributed by atoms with Crippen molar-refractivity contribution in [3.8, 4) is 5.82 Å². The maximum Gasteiger partial charge on any atom is 0.434 e. The van der Waals surface area contributed by atoms with E-state index in [0.29, 0.717) is 17.6 Å². The number of halogens is 6. The zero-order valence-corrected chi connectivity index (χ0v) is 16.8. The molecule has 1 fully saturated rings. The second-order valence-electron chi connectivity index (χ2n) is 6.13. The summed E-state index contributed by atoms with van der Waals surface area (Å²) in [6, 6.07) is 2.65. The van der Waals surface area contributed by atoms with Crippen molar-refractivity contribution in [2.24, 2.45) is 11.7 Å². The van der Waals surface area contributed by atoms with Crippen LogP contribution in [0.5, 0.6) is 0 Å². The number of nitrogens with zero attached hydrogens (tertiary/aromatic N) is 3. The summed E-state index contributed by atoms with van der Waals surface area (Å²) in [4.78, 5) is 16.3. The molecule has 2 atom stereocenters. The van der Waals surface area contributed by atoms with Gasteiger partial charge in [0.05, 0.1) is 16.8 Å². The van der Waals surface area contributed by atoms with Crippen LogP contribution in [0.4, 0.5) is 13.2 Å². The fraction of sp³-hybridized carbons (Fsp3) is 0.438. The van der Waals surface area contributed by atoms with Crippen LogP contribution in [0.1, 0.15) is 35.3 Å². The van der Waals surface area contributed by atoms with E-state index in [1.807, 2.05) is 0 Å². The van der Waals surface area contributed by atoms with Crippen LogP contribution in [0.25, 0.3) is 5.82 Å². The average molecular weight is 461 g/mol. The number of carbonyl (C=O) groups excluding carboxylic acids is 1. The summed E-state index contributed by atoms with van der Waals surface area (Å²) in [5.41, 5.74) is 3.89. The third-order valence-corrected chi connectivity index (χ3v) is 4.80. The summed E-state index contributed by atoms with van der Waals surface area (Å²) in [6.07, 6.45) is -0.219. The summed E-state index contributed by atoms with van der Waals surface area (Å²) >= 11 is 5.94. The first kappa shape index (κ1) is 24.5. The molecule has 2 aromatic heterocycles. The van der Waals surface area contributed by atoms with Gasteiger partial charge in [-0.3, -0.25) is 4.79 Å². The third-order valence-electron chi connectivity index (χ3n) is 4.50. The summed E-state index contributed by atoms with van der Waals surface area (Å²) in [5, 5.41) is 6.37. The molecule has 1 saturated carbocycles. The number of carbonyl (C=O) groups is 1. The number of pyridine rings is 1. The smallest absolute Gasteiger partial charge is 0.349 e. The van der Waals surface area contributed by atoms with Crippen molar-refractivity contribution < 1.29 is 18.0 Å². The summed E-state index contributed by atoms with van der Waals surface area (Å²) in [7, 11) is 0. The molecule has 2 heterocycles. The molecule has 0 aromatic carbocycles. The number of alkyl halides is 3. The molecule has 28 heavy (non-hydrogen) atoms. The first-order valence-electron chi connectivity index (χ1n) is 8.10. The van der Waals surface area contributed by atoms with Crippen molar-refractivity contribution in [2.45, 2.75) is 31.5 Å². The van der Waals surface area contributed by atoms with Crippen molar-refractivity contribution in [1.82, 2.24) is 20.1 Å². The van der Waals surface area contributed by atoms with E-state index in [1.165, 1.54) is 18.3 Å². The minimum absolute atomic E-state index is 0. The van der Waals surface area contributed by atoms with Gasteiger partial charge in [0.25, 0.3) is 5.91 Å². The first-order chi connectivity index (χ1) is 12.3. The molecule has 0 radical (unpaired) electrons. The van der Waals surface area contributed by atoms with Gasteiger partial charge in [-0.25, -0.2) is 9.67 Å². The highest BCUT2D eigenvalue weighted by Gasteiger charge is 2.42. The lowest BCUT2D eigenvalue weighted by Gasteiger charge is -2.20. The molecule has 2 aromatic rings. The Morgan fingerprint density at radius 2 is 2.07 bits per heavy atom. The molecule has 6 nitrogen and oxygen atoms in total. The van der Waals surface area contributed by atoms with Crippen LogP contribution in [0, 0.1) is 5.92 Å². The average Bonchev–Trinajstić information content (AvgIpc) is 3.21. The predicted octanol–water partition coefficient (Wildman–Crippen LogP) is 3.64. The molecule has 1 amide bonds. The van der Waals surface area contributed by atoms with Crippen LogP contribution in [-0.2, 0) is 6.18 Å². The molecule has 1 aliphatic carbocycles. The highest BCUT2D eigenvalue weighted by molar-refractivity contribution is 6.32. The Balaban J connectivity index is 0.00000196. The van der Waals surface area contributed by atoms with Gasteiger partial charge < -0.3 is 11.1 Å². The Morgan fingerprint density at radius 1 is 1.36 bits per heavy atom. The fourth-order valence-electron chi connectivity index (χ4n) is 3.24. The minimum Gasteiger partial charge on any atom is -0.349 e. The number of hydrogen-bond donors (Lipinski definition) is 2. The van der Waals surface area contributed by atoms with Gasteiger partial charge in [0.1, 0.15) is 0 Å². The van der Waals surface area contributed by atoms with E-state index in [2.05, 4.69) is 15.4 Å². The number of nitrogens with one attached hydrogen (secondary N) is 1. The van der Waals surface area contributed by atoms with E-state index >= 15 is 0 Å². The highest BCUT2D eigenvalue weighted by atomic mass is 35.5. The van der Waals surface area contributed by atoms with E-state index < -0.39 is 23.3 Å². The molecule has 156 valence electrons. The Labute approximate surface area is 176 Å². The lowest BCUT2D eigenvalue weighted by atomic mass is 10.0. The Hall–Kier alpha value is -1.55. The van der Waals surface area contributed by atoms with E-state index in [1.54, 1.807) is 0 Å². The molecule has 3 rings (SSSR count). The quantitative estimate of drug-likeness (QED) is 0.729. The molecule has 0 aliphatic heterocycles. The Morgan fingerprint density at radius 3 is 2.68 bits per heavy atom. The summed E-state index contributed by atoms with van der Waals surface area (Å²) in [5.74, 6) is -0.962. The predicted molar refractivity (Wildman–Crippen MR) is 104 cm³/mol. The summed E-state index contributed by atoms with van der Waals surface area (Å²) < 4.78 is 41.5. The Bertz CT molecular complexity index is 815. The van der Waals surface area contributed by atoms with Gasteiger partial charge in [-0.1, -0.05) is 18.0 Å². The number of amides is 1. The van der Waals surface area contributed by atoms with E-state index in [-0.39, 0.29) is 47.6 Å². The van der Waals surface area contributed by atoms with E-state index in [0.717, 1.165) is 19.0 Å². The van der Waals surface area contributed by atoms with Crippen LogP contribution in [-0.4, -0.2) is 33.3 Å². The van der Waals surface area contributed by atoms with E-state index in [4.69, 9.17) is 17.3 Å². The van der Waals surface area contributed by atoms with Crippen LogP contribution >= 0.6 is 36.4 Å². The number of nitrogens with two attached hydrogens (primary N) is 1. The maximum atomic E-state index is 13.6. The Kier molecular flexibility index (Phi) is 8.55. The monoisotopic (exact) mass is 459 g/mol. The third kappa shape index (κ3) is 4.89. The van der Waals surface area contributed by atoms with Crippen molar-refractivity contribution >= 4 is 42.3 Å². The summed E-state index contributed by atoms with van der Waals surface area (Å²) in [6.45, 7) is 0.375. The molecule has 12 heteroatoms. The van der Waals surface area contributed by atoms with Crippen LogP contribution < -0.4 is 11.1 Å². The molecule has 2 unspecified atom stereocenters. The number of aromatic nitrogens is 3. The topological polar surface area (TPSA) is 85.8 Å². The molecule has 0 spiro atoms. The van der Waals surface area contributed by atoms with Crippen molar-refractivity contribution in [3.63, 3.8) is 0 Å². The van der Waals surface area contributed by atoms with Crippen LogP contribution in [0.15, 0.2) is 24.5 Å². The van der Waals surface area contributed by atoms with Crippen LogP contribution in [0.3, 0.4) is 0 Å². The molecule has 0 saturated heterocycles. The van der Waals surface area contributed by atoms with Gasteiger partial charge in [-0.15, -0.1) is 24.8 Å². The lowest BCUT2D eigenvalue weighted by Crippen LogP contribution is -2.40. The normalized spacial score (nSPS) is 18.9. The van der Waals surface area contributed by atoms with Crippen molar-refractivity contribution in [2.75, 3.05) is 6.54 Å². The SMILES string of the molecule is Cl.Cl.NCC1CCCC1NC(=O)c1cnn(-c2ncccc2Cl)c1C(F)(F)F. The zero-order chi connectivity index (χ0) is 18.9. The number of hydrogen-bond acceptors (Lipinski definition) is 4. The molecular weight excluding hydrogens is 442 g/mol. The second kappa shape index (κ2) is 9.78. The van der Waals surface area contributed by atoms with Crippen molar-refractivity contribution in [3.05, 3.63) is 40.8 Å². The standard InChI is InChI=1S/C16H17ClF3N5O.2ClH/c17-11-4-2-6-22-14(11)25-13(16(18,19)20)10(8-23-25)15(26)24-12-5-1-3-9(12)7-21;;/h2,4,6,8-9,12H,1,3,5,7,21H2,(H,24,26);2*1H. The molecule has 0 bridgehead atoms. The maximum absolute atomic E-state index is 13.6. The van der Waals surface area contributed by atoms with E-state index in [9.17, 15) is 18.0 Å². The largest absolute Gasteiger partial charge is 0.434 e. The highest BCUT2D eigenvalue weighted by Crippen LogP contribution is 2.35. The number of rotatable bonds is 4. The van der Waals surface area contributed by atoms with Gasteiger partial charge >= 0.3 is 6.18 Å². The molecular formula is C16H19Cl3F3N5O. The molecule has 1 aliphatic rings. The van der Waals surface area contributed by atoms with Gasteiger partial charge in [0.2, 0.25) is 0 Å². The molecule has 3 N–H and O–H groups in total. The van der Waals surface area contributed by atoms with Gasteiger partial charge in [0.15, 0.2) is 11.5 Å².